The minimum absolute atomic E-state index is 0.249. The fourth-order valence-electron chi connectivity index (χ4n) is 3.24. The third-order valence-corrected chi connectivity index (χ3v) is 5.14. The smallest absolute Gasteiger partial charge is 0.277 e. The number of allylic oxidation sites excluding steroid dienone is 1. The van der Waals surface area contributed by atoms with Crippen LogP contribution in [0.25, 0.3) is 0 Å². The number of aromatic nitrogens is 1. The molecule has 0 radical (unpaired) electrons. The molecule has 0 spiro atoms. The number of nitrogens with one attached hydrogen (secondary N) is 1. The van der Waals surface area contributed by atoms with E-state index < -0.39 is 0 Å². The number of carbonyl (C=O) groups excluding carboxylic acids is 1. The van der Waals surface area contributed by atoms with E-state index in [1.165, 1.54) is 6.26 Å². The monoisotopic (exact) mass is 418 g/mol. The van der Waals surface area contributed by atoms with Gasteiger partial charge in [-0.25, -0.2) is 4.98 Å². The predicted molar refractivity (Wildman–Crippen MR) is 113 cm³/mol. The lowest BCUT2D eigenvalue weighted by molar-refractivity contribution is 0.0642. The summed E-state index contributed by atoms with van der Waals surface area (Å²) in [5.74, 6) is 0.200. The van der Waals surface area contributed by atoms with Crippen LogP contribution < -0.4 is 5.32 Å². The summed E-state index contributed by atoms with van der Waals surface area (Å²) in [6.45, 7) is 8.43. The highest BCUT2D eigenvalue weighted by atomic mass is 35.5. The molecule has 0 aliphatic carbocycles. The van der Waals surface area contributed by atoms with E-state index in [1.54, 1.807) is 24.3 Å². The van der Waals surface area contributed by atoms with Gasteiger partial charge in [0.1, 0.15) is 6.26 Å². The second kappa shape index (κ2) is 10.5. The molecule has 1 aliphatic rings. The van der Waals surface area contributed by atoms with E-state index >= 15 is 0 Å². The minimum Gasteiger partial charge on any atom is -0.447 e. The number of anilines is 1. The van der Waals surface area contributed by atoms with Crippen molar-refractivity contribution in [1.82, 2.24) is 14.8 Å². The maximum Gasteiger partial charge on any atom is 0.277 e. The van der Waals surface area contributed by atoms with Gasteiger partial charge in [0.2, 0.25) is 5.89 Å². The molecule has 1 aliphatic heterocycles. The van der Waals surface area contributed by atoms with Crippen molar-refractivity contribution in [1.29, 1.82) is 0 Å². The van der Waals surface area contributed by atoms with Crippen LogP contribution in [0.5, 0.6) is 0 Å². The number of oxazole rings is 1. The molecule has 1 amide bonds. The van der Waals surface area contributed by atoms with Crippen molar-refractivity contribution in [3.63, 3.8) is 0 Å². The number of carbonyl (C=O) groups is 1. The van der Waals surface area contributed by atoms with E-state index in [0.29, 0.717) is 29.7 Å². The Labute approximate surface area is 176 Å². The molecular weight excluding hydrogens is 392 g/mol. The third kappa shape index (κ3) is 6.68. The number of hydrogen-bond donors (Lipinski definition) is 2. The minimum atomic E-state index is -0.319. The molecule has 0 saturated carbocycles. The van der Waals surface area contributed by atoms with Crippen molar-refractivity contribution in [3.05, 3.63) is 59.8 Å². The van der Waals surface area contributed by atoms with E-state index in [9.17, 15) is 9.90 Å². The molecule has 2 heterocycles. The lowest BCUT2D eigenvalue weighted by atomic mass is 10.1. The van der Waals surface area contributed by atoms with Crippen molar-refractivity contribution in [3.8, 4) is 0 Å². The van der Waals surface area contributed by atoms with Gasteiger partial charge in [0, 0.05) is 43.4 Å². The van der Waals surface area contributed by atoms with E-state index in [2.05, 4.69) is 26.7 Å². The van der Waals surface area contributed by atoms with E-state index in [1.807, 2.05) is 6.08 Å². The third-order valence-electron chi connectivity index (χ3n) is 4.88. The predicted octanol–water partition coefficient (Wildman–Crippen LogP) is 3.03. The zero-order chi connectivity index (χ0) is 20.6. The molecule has 1 saturated heterocycles. The van der Waals surface area contributed by atoms with E-state index in [0.717, 1.165) is 39.0 Å². The topological polar surface area (TPSA) is 81.8 Å². The zero-order valence-corrected chi connectivity index (χ0v) is 17.1. The van der Waals surface area contributed by atoms with Crippen molar-refractivity contribution in [2.24, 2.45) is 0 Å². The first-order chi connectivity index (χ1) is 14.0. The van der Waals surface area contributed by atoms with Crippen LogP contribution in [0.2, 0.25) is 5.02 Å². The summed E-state index contributed by atoms with van der Waals surface area (Å²) in [6.07, 6.45) is 4.49. The van der Waals surface area contributed by atoms with Crippen molar-refractivity contribution in [2.45, 2.75) is 25.5 Å². The molecule has 29 heavy (non-hydrogen) atoms. The largest absolute Gasteiger partial charge is 0.447 e. The second-order valence-corrected chi connectivity index (χ2v) is 7.62. The fraction of sp³-hybridized carbons (Fsp3) is 0.429. The number of β-amino-alcohol motifs (C(OH)–C–C–N with tert-alkyl or cyclic N) is 1. The Morgan fingerprint density at radius 3 is 2.66 bits per heavy atom. The molecule has 0 unspecified atom stereocenters. The summed E-state index contributed by atoms with van der Waals surface area (Å²) in [6, 6.07) is 6.89. The maximum atomic E-state index is 12.3. The first-order valence-corrected chi connectivity index (χ1v) is 10.2. The number of benzene rings is 1. The SMILES string of the molecule is C=CCC[C@@H](O)CN1CCN(Cc2nc(C(=O)Nc3ccc(Cl)cc3)co2)CC1. The van der Waals surface area contributed by atoms with Crippen molar-refractivity contribution < 1.29 is 14.3 Å². The molecule has 3 rings (SSSR count). The molecule has 1 atom stereocenters. The Kier molecular flexibility index (Phi) is 7.83. The standard InChI is InChI=1S/C21H27ClN4O3/c1-2-3-4-18(27)13-25-9-11-26(12-10-25)14-20-24-19(15-29-20)21(28)23-17-7-5-16(22)6-8-17/h2,5-8,15,18,27H,1,3-4,9-14H2,(H,23,28)/t18-/m1/s1. The lowest BCUT2D eigenvalue weighted by Gasteiger charge is -2.34. The molecule has 0 bridgehead atoms. The highest BCUT2D eigenvalue weighted by Gasteiger charge is 2.21. The summed E-state index contributed by atoms with van der Waals surface area (Å²) >= 11 is 5.85. The first-order valence-electron chi connectivity index (χ1n) is 9.78. The molecular formula is C21H27ClN4O3. The maximum absolute atomic E-state index is 12.3. The summed E-state index contributed by atoms with van der Waals surface area (Å²) < 4.78 is 5.48. The van der Waals surface area contributed by atoms with Gasteiger partial charge in [-0.3, -0.25) is 14.6 Å². The average Bonchev–Trinajstić information content (AvgIpc) is 3.18. The molecule has 2 N–H and O–H groups in total. The van der Waals surface area contributed by atoms with Gasteiger partial charge in [0.05, 0.1) is 12.6 Å². The molecule has 8 heteroatoms. The number of amides is 1. The zero-order valence-electron chi connectivity index (χ0n) is 16.4. The number of nitrogens with zero attached hydrogens (tertiary/aromatic N) is 3. The molecule has 2 aromatic rings. The molecule has 1 fully saturated rings. The van der Waals surface area contributed by atoms with Crippen molar-refractivity contribution >= 4 is 23.2 Å². The van der Waals surface area contributed by atoms with Crippen LogP contribution >= 0.6 is 11.6 Å². The van der Waals surface area contributed by atoms with Crippen LogP contribution in [0.15, 0.2) is 47.6 Å². The van der Waals surface area contributed by atoms with Crippen molar-refractivity contribution in [2.75, 3.05) is 38.0 Å². The highest BCUT2D eigenvalue weighted by molar-refractivity contribution is 6.30. The average molecular weight is 419 g/mol. The molecule has 1 aromatic carbocycles. The van der Waals surface area contributed by atoms with Gasteiger partial charge >= 0.3 is 0 Å². The van der Waals surface area contributed by atoms with Gasteiger partial charge < -0.3 is 14.8 Å². The Morgan fingerprint density at radius 1 is 1.28 bits per heavy atom. The Balaban J connectivity index is 1.44. The molecule has 1 aromatic heterocycles. The molecule has 156 valence electrons. The quantitative estimate of drug-likeness (QED) is 0.609. The van der Waals surface area contributed by atoms with Crippen LogP contribution in [-0.4, -0.2) is 64.6 Å². The number of halogens is 1. The number of aliphatic hydroxyl groups excluding tert-OH is 1. The fourth-order valence-corrected chi connectivity index (χ4v) is 3.36. The van der Waals surface area contributed by atoms with Crippen LogP contribution in [0.4, 0.5) is 5.69 Å². The van der Waals surface area contributed by atoms with Gasteiger partial charge in [-0.15, -0.1) is 6.58 Å². The van der Waals surface area contributed by atoms with E-state index in [4.69, 9.17) is 16.0 Å². The van der Waals surface area contributed by atoms with Gasteiger partial charge in [0.15, 0.2) is 5.69 Å². The van der Waals surface area contributed by atoms with Gasteiger partial charge in [-0.2, -0.15) is 0 Å². The van der Waals surface area contributed by atoms with E-state index in [-0.39, 0.29) is 17.7 Å². The lowest BCUT2D eigenvalue weighted by Crippen LogP contribution is -2.48. The number of aliphatic hydroxyl groups is 1. The summed E-state index contributed by atoms with van der Waals surface area (Å²) in [5.41, 5.74) is 0.897. The van der Waals surface area contributed by atoms with Crippen LogP contribution in [-0.2, 0) is 6.54 Å². The summed E-state index contributed by atoms with van der Waals surface area (Å²) in [5, 5.41) is 13.4. The Bertz CT molecular complexity index is 801. The Hall–Kier alpha value is -2.19. The van der Waals surface area contributed by atoms with Gasteiger partial charge in [0.25, 0.3) is 5.91 Å². The Morgan fingerprint density at radius 2 is 1.97 bits per heavy atom. The van der Waals surface area contributed by atoms with Crippen LogP contribution in [0.1, 0.15) is 29.2 Å². The van der Waals surface area contributed by atoms with Gasteiger partial charge in [-0.05, 0) is 37.1 Å². The summed E-state index contributed by atoms with van der Waals surface area (Å²) in [4.78, 5) is 21.1. The molecule has 7 nitrogen and oxygen atoms in total. The number of rotatable bonds is 9. The highest BCUT2D eigenvalue weighted by Crippen LogP contribution is 2.15. The first kappa shape index (κ1) is 21.5. The normalized spacial score (nSPS) is 16.5. The summed E-state index contributed by atoms with van der Waals surface area (Å²) in [7, 11) is 0. The van der Waals surface area contributed by atoms with Crippen LogP contribution in [0, 0.1) is 0 Å². The van der Waals surface area contributed by atoms with Crippen LogP contribution in [0.3, 0.4) is 0 Å². The number of piperazine rings is 1. The second-order valence-electron chi connectivity index (χ2n) is 7.18. The number of hydrogen-bond acceptors (Lipinski definition) is 6. The van der Waals surface area contributed by atoms with Gasteiger partial charge in [-0.1, -0.05) is 17.7 Å².